The van der Waals surface area contributed by atoms with Gasteiger partial charge in [-0.05, 0) is 56.3 Å². The summed E-state index contributed by atoms with van der Waals surface area (Å²) >= 11 is 0. The number of hydrogen-bond donors (Lipinski definition) is 1. The second-order valence-electron chi connectivity index (χ2n) is 9.79. The van der Waals surface area contributed by atoms with Crippen LogP contribution in [0.1, 0.15) is 12.0 Å². The number of likely N-dealkylation sites (tertiary alicyclic amines) is 1. The predicted molar refractivity (Wildman–Crippen MR) is 144 cm³/mol. The number of likely N-dealkylation sites (N-methyl/N-ethyl adjacent to an activating group) is 1. The van der Waals surface area contributed by atoms with Crippen LogP contribution in [0.4, 0.5) is 17.2 Å². The van der Waals surface area contributed by atoms with E-state index in [1.807, 2.05) is 37.3 Å². The molecule has 2 aliphatic rings. The molecule has 5 heterocycles. The lowest BCUT2D eigenvalue weighted by atomic mass is 9.94. The monoisotopic (exact) mass is 509 g/mol. The van der Waals surface area contributed by atoms with Gasteiger partial charge in [0.15, 0.2) is 5.65 Å². The van der Waals surface area contributed by atoms with Gasteiger partial charge in [0, 0.05) is 36.9 Å². The molecule has 0 bridgehead atoms. The first-order valence-electron chi connectivity index (χ1n) is 12.6. The van der Waals surface area contributed by atoms with Crippen LogP contribution in [0.15, 0.2) is 55.4 Å². The summed E-state index contributed by atoms with van der Waals surface area (Å²) in [6.45, 7) is 4.07. The molecule has 0 amide bonds. The quantitative estimate of drug-likeness (QED) is 0.363. The van der Waals surface area contributed by atoms with Crippen LogP contribution in [0.2, 0.25) is 0 Å². The molecule has 192 valence electrons. The third-order valence-corrected chi connectivity index (χ3v) is 7.62. The Morgan fingerprint density at radius 3 is 2.71 bits per heavy atom. The Labute approximate surface area is 219 Å². The van der Waals surface area contributed by atoms with E-state index >= 15 is 0 Å². The minimum atomic E-state index is 0.457. The number of nitrogens with one attached hydrogen (secondary N) is 1. The zero-order chi connectivity index (χ0) is 25.8. The molecule has 38 heavy (non-hydrogen) atoms. The molecule has 11 heteroatoms. The molecule has 3 aromatic heterocycles. The molecule has 2 aromatic carbocycles. The summed E-state index contributed by atoms with van der Waals surface area (Å²) in [6, 6.07) is 12.7. The van der Waals surface area contributed by atoms with Gasteiger partial charge in [0.25, 0.3) is 0 Å². The fourth-order valence-corrected chi connectivity index (χ4v) is 5.59. The van der Waals surface area contributed by atoms with Gasteiger partial charge in [-0.3, -0.25) is 4.90 Å². The molecule has 0 radical (unpaired) electrons. The van der Waals surface area contributed by atoms with Gasteiger partial charge in [0.2, 0.25) is 5.88 Å². The van der Waals surface area contributed by atoms with E-state index in [4.69, 9.17) is 9.47 Å². The third kappa shape index (κ3) is 3.66. The van der Waals surface area contributed by atoms with Crippen molar-refractivity contribution in [2.45, 2.75) is 25.4 Å². The van der Waals surface area contributed by atoms with Crippen LogP contribution in [0, 0.1) is 6.92 Å². The SMILES string of the molecule is COc1ccc2ncnc(Nc3ccc(Oc4cc5ncnn5cn4)c(C)c3)c2c1N1CC2[C@@H]1CCN2C. The second kappa shape index (κ2) is 8.80. The first-order valence-corrected chi connectivity index (χ1v) is 12.6. The Bertz CT molecular complexity index is 1670. The zero-order valence-electron chi connectivity index (χ0n) is 21.4. The van der Waals surface area contributed by atoms with Crippen molar-refractivity contribution >= 4 is 33.7 Å². The first kappa shape index (κ1) is 22.7. The molecule has 5 aromatic rings. The molecule has 2 aliphatic heterocycles. The average Bonchev–Trinajstić information content (AvgIpc) is 3.49. The summed E-state index contributed by atoms with van der Waals surface area (Å²) in [6.07, 6.45) is 5.80. The highest BCUT2D eigenvalue weighted by atomic mass is 16.5. The second-order valence-corrected chi connectivity index (χ2v) is 9.79. The molecule has 2 fully saturated rings. The van der Waals surface area contributed by atoms with Crippen LogP contribution in [0.25, 0.3) is 16.6 Å². The highest BCUT2D eigenvalue weighted by molar-refractivity contribution is 6.04. The van der Waals surface area contributed by atoms with E-state index in [1.165, 1.54) is 6.33 Å². The summed E-state index contributed by atoms with van der Waals surface area (Å²) in [5, 5.41) is 8.56. The Hall–Kier alpha value is -4.51. The van der Waals surface area contributed by atoms with Gasteiger partial charge in [-0.25, -0.2) is 24.5 Å². The summed E-state index contributed by atoms with van der Waals surface area (Å²) in [5.74, 6) is 2.74. The van der Waals surface area contributed by atoms with E-state index in [0.717, 1.165) is 58.9 Å². The summed E-state index contributed by atoms with van der Waals surface area (Å²) < 4.78 is 13.5. The fraction of sp³-hybridized carbons (Fsp3) is 0.296. The van der Waals surface area contributed by atoms with E-state index in [2.05, 4.69) is 47.2 Å². The number of fused-ring (bicyclic) bond motifs is 3. The van der Waals surface area contributed by atoms with Crippen LogP contribution in [0.5, 0.6) is 17.4 Å². The van der Waals surface area contributed by atoms with E-state index in [9.17, 15) is 0 Å². The lowest BCUT2D eigenvalue weighted by molar-refractivity contribution is 0.241. The summed E-state index contributed by atoms with van der Waals surface area (Å²) in [5.41, 5.74) is 4.45. The van der Waals surface area contributed by atoms with Gasteiger partial charge in [-0.15, -0.1) is 0 Å². The molecule has 2 atom stereocenters. The van der Waals surface area contributed by atoms with Crippen LogP contribution in [0.3, 0.4) is 0 Å². The number of nitrogens with zero attached hydrogens (tertiary/aromatic N) is 8. The molecule has 2 saturated heterocycles. The van der Waals surface area contributed by atoms with E-state index in [0.29, 0.717) is 29.4 Å². The summed E-state index contributed by atoms with van der Waals surface area (Å²) in [4.78, 5) is 22.6. The molecule has 1 N–H and O–H groups in total. The normalized spacial score (nSPS) is 19.0. The number of anilines is 3. The van der Waals surface area contributed by atoms with Gasteiger partial charge in [0.1, 0.15) is 36.3 Å². The number of ether oxygens (including phenoxy) is 2. The van der Waals surface area contributed by atoms with E-state index in [-0.39, 0.29) is 0 Å². The van der Waals surface area contributed by atoms with E-state index < -0.39 is 0 Å². The predicted octanol–water partition coefficient (Wildman–Crippen LogP) is 3.81. The Morgan fingerprint density at radius 2 is 1.87 bits per heavy atom. The Morgan fingerprint density at radius 1 is 0.974 bits per heavy atom. The summed E-state index contributed by atoms with van der Waals surface area (Å²) in [7, 11) is 3.93. The van der Waals surface area contributed by atoms with Crippen molar-refractivity contribution in [2.75, 3.05) is 37.5 Å². The molecule has 1 unspecified atom stereocenters. The molecule has 0 saturated carbocycles. The van der Waals surface area contributed by atoms with Crippen molar-refractivity contribution in [1.29, 1.82) is 0 Å². The number of methoxy groups -OCH3 is 1. The van der Waals surface area contributed by atoms with Gasteiger partial charge in [0.05, 0.1) is 23.7 Å². The smallest absolute Gasteiger partial charge is 0.224 e. The third-order valence-electron chi connectivity index (χ3n) is 7.62. The van der Waals surface area contributed by atoms with E-state index in [1.54, 1.807) is 30.3 Å². The first-order chi connectivity index (χ1) is 18.6. The number of benzene rings is 2. The van der Waals surface area contributed by atoms with Crippen LogP contribution in [-0.4, -0.2) is 73.8 Å². The van der Waals surface area contributed by atoms with Gasteiger partial charge in [-0.2, -0.15) is 5.10 Å². The highest BCUT2D eigenvalue weighted by Gasteiger charge is 2.46. The number of aryl methyl sites for hydroxylation is 1. The molecular formula is C27H27N9O2. The van der Waals surface area contributed by atoms with Crippen molar-refractivity contribution in [3.05, 3.63) is 60.9 Å². The standard InChI is InChI=1S/C27H27N9O2/c1-16-10-17(4-6-21(16)38-24-11-23-29-14-32-36(23)15-31-24)33-27-25-18(28-13-30-27)5-7-22(37-3)26(25)35-12-20-19(35)8-9-34(20)2/h4-7,10-11,13-15,19-20H,8-9,12H2,1-3H3,(H,28,30,33)/t19-,20?/m0/s1. The fourth-order valence-electron chi connectivity index (χ4n) is 5.59. The maximum absolute atomic E-state index is 6.04. The number of rotatable bonds is 6. The molecular weight excluding hydrogens is 482 g/mol. The molecule has 0 aliphatic carbocycles. The largest absolute Gasteiger partial charge is 0.495 e. The molecule has 11 nitrogen and oxygen atoms in total. The number of aromatic nitrogens is 6. The minimum Gasteiger partial charge on any atom is -0.495 e. The van der Waals surface area contributed by atoms with Gasteiger partial charge in [-0.1, -0.05) is 0 Å². The van der Waals surface area contributed by atoms with Crippen LogP contribution < -0.4 is 19.7 Å². The maximum atomic E-state index is 6.04. The minimum absolute atomic E-state index is 0.457. The van der Waals surface area contributed by atoms with Crippen molar-refractivity contribution < 1.29 is 9.47 Å². The average molecular weight is 510 g/mol. The van der Waals surface area contributed by atoms with Crippen LogP contribution >= 0.6 is 0 Å². The molecule has 7 rings (SSSR count). The van der Waals surface area contributed by atoms with Crippen molar-refractivity contribution in [3.8, 4) is 17.4 Å². The van der Waals surface area contributed by atoms with Crippen molar-refractivity contribution in [3.63, 3.8) is 0 Å². The Balaban J connectivity index is 1.21. The zero-order valence-corrected chi connectivity index (χ0v) is 21.4. The van der Waals surface area contributed by atoms with Gasteiger partial charge < -0.3 is 19.7 Å². The van der Waals surface area contributed by atoms with Crippen LogP contribution in [-0.2, 0) is 0 Å². The topological polar surface area (TPSA) is 106 Å². The van der Waals surface area contributed by atoms with Crippen molar-refractivity contribution in [1.82, 2.24) is 34.4 Å². The maximum Gasteiger partial charge on any atom is 0.224 e. The van der Waals surface area contributed by atoms with Crippen molar-refractivity contribution in [2.24, 2.45) is 0 Å². The Kier molecular flexibility index (Phi) is 5.25. The highest BCUT2D eigenvalue weighted by Crippen LogP contribution is 2.46. The molecule has 0 spiro atoms. The lowest BCUT2D eigenvalue weighted by Gasteiger charge is -2.48. The lowest BCUT2D eigenvalue weighted by Crippen LogP contribution is -2.61. The number of hydrogen-bond acceptors (Lipinski definition) is 10. The van der Waals surface area contributed by atoms with Gasteiger partial charge >= 0.3 is 0 Å².